The molecule has 0 aliphatic rings. The highest BCUT2D eigenvalue weighted by Gasteiger charge is 2.16. The number of carbonyl (C=O) groups excluding carboxylic acids is 1. The largest absolute Gasteiger partial charge is 0.490 e. The average molecular weight is 288 g/mol. The summed E-state index contributed by atoms with van der Waals surface area (Å²) in [4.78, 5) is 26.1. The Kier molecular flexibility index (Phi) is 3.98. The van der Waals surface area contributed by atoms with Gasteiger partial charge in [0.25, 0.3) is 5.91 Å². The van der Waals surface area contributed by atoms with Gasteiger partial charge in [0.15, 0.2) is 5.75 Å². The second kappa shape index (κ2) is 5.87. The molecule has 1 amide bonds. The van der Waals surface area contributed by atoms with E-state index in [-0.39, 0.29) is 22.8 Å². The molecule has 0 saturated carbocycles. The zero-order chi connectivity index (χ0) is 15.4. The quantitative estimate of drug-likeness (QED) is 0.654. The number of rotatable bonds is 4. The van der Waals surface area contributed by atoms with Crippen LogP contribution in [0, 0.1) is 10.1 Å². The molecule has 1 aromatic carbocycles. The van der Waals surface area contributed by atoms with Gasteiger partial charge in [0.1, 0.15) is 5.69 Å². The molecule has 0 radical (unpaired) electrons. The monoisotopic (exact) mass is 288 g/mol. The molecular weight excluding hydrogens is 276 g/mol. The molecule has 108 valence electrons. The molecule has 0 spiro atoms. The predicted octanol–water partition coefficient (Wildman–Crippen LogP) is 1.83. The van der Waals surface area contributed by atoms with Crippen molar-refractivity contribution < 1.29 is 14.5 Å². The lowest BCUT2D eigenvalue weighted by molar-refractivity contribution is -0.385. The van der Waals surface area contributed by atoms with Crippen LogP contribution < -0.4 is 15.8 Å². The molecule has 0 aliphatic carbocycles. The number of nitrogens with zero attached hydrogens (tertiary/aromatic N) is 2. The van der Waals surface area contributed by atoms with Crippen molar-refractivity contribution in [1.29, 1.82) is 0 Å². The van der Waals surface area contributed by atoms with Crippen LogP contribution in [0.15, 0.2) is 36.5 Å². The van der Waals surface area contributed by atoms with Gasteiger partial charge in [-0.1, -0.05) is 0 Å². The molecule has 2 aromatic rings. The van der Waals surface area contributed by atoms with Crippen molar-refractivity contribution >= 4 is 23.0 Å². The lowest BCUT2D eigenvalue weighted by Crippen LogP contribution is -2.13. The summed E-state index contributed by atoms with van der Waals surface area (Å²) in [7, 11) is 1.33. The number of anilines is 2. The molecule has 3 N–H and O–H groups in total. The third-order valence-corrected chi connectivity index (χ3v) is 2.65. The molecule has 1 aromatic heterocycles. The van der Waals surface area contributed by atoms with Crippen LogP contribution in [0.1, 0.15) is 10.5 Å². The minimum atomic E-state index is -0.587. The number of nitrogens with two attached hydrogens (primary N) is 1. The Labute approximate surface area is 119 Å². The number of nitrogen functional groups attached to an aromatic ring is 1. The van der Waals surface area contributed by atoms with Crippen molar-refractivity contribution in [3.05, 3.63) is 52.3 Å². The van der Waals surface area contributed by atoms with Crippen molar-refractivity contribution in [2.24, 2.45) is 0 Å². The summed E-state index contributed by atoms with van der Waals surface area (Å²) in [5.74, 6) is -0.377. The van der Waals surface area contributed by atoms with Crippen LogP contribution in [0.2, 0.25) is 0 Å². The van der Waals surface area contributed by atoms with Gasteiger partial charge in [0.2, 0.25) is 0 Å². The van der Waals surface area contributed by atoms with Gasteiger partial charge < -0.3 is 15.8 Å². The number of ether oxygens (including phenoxy) is 1. The zero-order valence-electron chi connectivity index (χ0n) is 11.1. The molecule has 0 saturated heterocycles. The Morgan fingerprint density at radius 2 is 2.14 bits per heavy atom. The highest BCUT2D eigenvalue weighted by Crippen LogP contribution is 2.29. The average Bonchev–Trinajstić information content (AvgIpc) is 2.47. The number of hydrogen-bond acceptors (Lipinski definition) is 6. The fourth-order valence-electron chi connectivity index (χ4n) is 1.65. The lowest BCUT2D eigenvalue weighted by Gasteiger charge is -2.07. The third kappa shape index (κ3) is 3.24. The van der Waals surface area contributed by atoms with Gasteiger partial charge in [-0.2, -0.15) is 0 Å². The number of nitrogens with one attached hydrogen (secondary N) is 1. The topological polar surface area (TPSA) is 120 Å². The molecule has 0 bridgehead atoms. The first-order valence-corrected chi connectivity index (χ1v) is 5.86. The second-order valence-corrected chi connectivity index (χ2v) is 4.07. The second-order valence-electron chi connectivity index (χ2n) is 4.07. The van der Waals surface area contributed by atoms with E-state index < -0.39 is 10.8 Å². The molecule has 8 nitrogen and oxygen atoms in total. The number of pyridine rings is 1. The minimum absolute atomic E-state index is 0.114. The van der Waals surface area contributed by atoms with Gasteiger partial charge in [-0.3, -0.25) is 14.9 Å². The van der Waals surface area contributed by atoms with E-state index in [1.807, 2.05) is 0 Å². The highest BCUT2D eigenvalue weighted by atomic mass is 16.6. The Morgan fingerprint density at radius 1 is 1.38 bits per heavy atom. The van der Waals surface area contributed by atoms with Crippen molar-refractivity contribution in [2.75, 3.05) is 18.2 Å². The Hall–Kier alpha value is -3.16. The maximum absolute atomic E-state index is 11.9. The summed E-state index contributed by atoms with van der Waals surface area (Å²) < 4.78 is 4.88. The molecule has 21 heavy (non-hydrogen) atoms. The summed E-state index contributed by atoms with van der Waals surface area (Å²) in [6.45, 7) is 0. The van der Waals surface area contributed by atoms with Crippen LogP contribution in [0.4, 0.5) is 17.1 Å². The van der Waals surface area contributed by atoms with Crippen LogP contribution in [0.5, 0.6) is 5.75 Å². The first kappa shape index (κ1) is 14.3. The molecule has 1 heterocycles. The number of carbonyl (C=O) groups is 1. The van der Waals surface area contributed by atoms with Gasteiger partial charge in [0.05, 0.1) is 23.9 Å². The van der Waals surface area contributed by atoms with Crippen LogP contribution >= 0.6 is 0 Å². The van der Waals surface area contributed by atoms with E-state index in [0.29, 0.717) is 5.69 Å². The first-order chi connectivity index (χ1) is 10.0. The fraction of sp³-hybridized carbons (Fsp3) is 0.0769. The minimum Gasteiger partial charge on any atom is -0.490 e. The molecule has 8 heteroatoms. The number of nitro benzene ring substituents is 1. The van der Waals surface area contributed by atoms with Gasteiger partial charge in [-0.15, -0.1) is 0 Å². The lowest BCUT2D eigenvalue weighted by atomic mass is 10.2. The van der Waals surface area contributed by atoms with Crippen molar-refractivity contribution in [3.63, 3.8) is 0 Å². The number of nitro groups is 1. The summed E-state index contributed by atoms with van der Waals surface area (Å²) in [5.41, 5.74) is 6.11. The Bertz CT molecular complexity index is 685. The summed E-state index contributed by atoms with van der Waals surface area (Å²) >= 11 is 0. The highest BCUT2D eigenvalue weighted by molar-refractivity contribution is 6.03. The van der Waals surface area contributed by atoms with Crippen LogP contribution in [0.3, 0.4) is 0 Å². The number of benzene rings is 1. The third-order valence-electron chi connectivity index (χ3n) is 2.65. The van der Waals surface area contributed by atoms with Crippen molar-refractivity contribution in [2.45, 2.75) is 0 Å². The van der Waals surface area contributed by atoms with E-state index in [1.54, 1.807) is 6.07 Å². The number of amides is 1. The first-order valence-electron chi connectivity index (χ1n) is 5.86. The number of methoxy groups -OCH3 is 1. The normalized spacial score (nSPS) is 9.95. The van der Waals surface area contributed by atoms with E-state index in [9.17, 15) is 14.9 Å². The molecular formula is C13H12N4O4. The molecule has 2 rings (SSSR count). The standard InChI is InChI=1S/C13H12N4O4/c1-21-12-5-3-9(6-11(12)17(19)20)16-13(18)10-4-2-8(14)7-15-10/h2-7H,14H2,1H3,(H,16,18). The Morgan fingerprint density at radius 3 is 2.71 bits per heavy atom. The number of hydrogen-bond donors (Lipinski definition) is 2. The molecule has 0 aliphatic heterocycles. The zero-order valence-corrected chi connectivity index (χ0v) is 11.1. The van der Waals surface area contributed by atoms with Crippen LogP contribution in [-0.4, -0.2) is 22.9 Å². The van der Waals surface area contributed by atoms with Crippen molar-refractivity contribution in [1.82, 2.24) is 4.98 Å². The smallest absolute Gasteiger partial charge is 0.312 e. The molecule has 0 fully saturated rings. The summed E-state index contributed by atoms with van der Waals surface area (Å²) in [6.07, 6.45) is 1.35. The predicted molar refractivity (Wildman–Crippen MR) is 76.3 cm³/mol. The van der Waals surface area contributed by atoms with Crippen LogP contribution in [0.25, 0.3) is 0 Å². The van der Waals surface area contributed by atoms with Crippen molar-refractivity contribution in [3.8, 4) is 5.75 Å². The molecule has 0 unspecified atom stereocenters. The fourth-order valence-corrected chi connectivity index (χ4v) is 1.65. The van der Waals surface area contributed by atoms with Gasteiger partial charge >= 0.3 is 5.69 Å². The van der Waals surface area contributed by atoms with Crippen LogP contribution in [-0.2, 0) is 0 Å². The SMILES string of the molecule is COc1ccc(NC(=O)c2ccc(N)cn2)cc1[N+](=O)[O-]. The van der Waals surface area contributed by atoms with Gasteiger partial charge in [0, 0.05) is 11.8 Å². The maximum Gasteiger partial charge on any atom is 0.312 e. The molecule has 0 atom stereocenters. The van der Waals surface area contributed by atoms with E-state index in [1.165, 1.54) is 37.6 Å². The number of aromatic nitrogens is 1. The maximum atomic E-state index is 11.9. The Balaban J connectivity index is 2.23. The summed E-state index contributed by atoms with van der Waals surface area (Å²) in [6, 6.07) is 7.13. The van der Waals surface area contributed by atoms with Gasteiger partial charge in [-0.25, -0.2) is 4.98 Å². The van der Waals surface area contributed by atoms with E-state index in [2.05, 4.69) is 10.3 Å². The van der Waals surface area contributed by atoms with E-state index in [0.717, 1.165) is 0 Å². The van der Waals surface area contributed by atoms with E-state index >= 15 is 0 Å². The summed E-state index contributed by atoms with van der Waals surface area (Å²) in [5, 5.41) is 13.4. The van der Waals surface area contributed by atoms with Gasteiger partial charge in [-0.05, 0) is 24.3 Å². The van der Waals surface area contributed by atoms with E-state index in [4.69, 9.17) is 10.5 Å².